The Labute approximate surface area is 111 Å². The molecule has 7 nitrogen and oxygen atoms in total. The van der Waals surface area contributed by atoms with E-state index < -0.39 is 5.97 Å². The molecule has 1 saturated heterocycles. The first-order chi connectivity index (χ1) is 9.10. The van der Waals surface area contributed by atoms with Gasteiger partial charge in [0, 0.05) is 13.1 Å². The predicted octanol–water partition coefficient (Wildman–Crippen LogP) is 0.625. The summed E-state index contributed by atoms with van der Waals surface area (Å²) >= 11 is 0. The second-order valence-electron chi connectivity index (χ2n) is 4.84. The van der Waals surface area contributed by atoms with Crippen molar-refractivity contribution in [3.05, 3.63) is 11.9 Å². The zero-order chi connectivity index (χ0) is 13.8. The third kappa shape index (κ3) is 3.30. The first-order valence-corrected chi connectivity index (χ1v) is 6.51. The van der Waals surface area contributed by atoms with Crippen molar-refractivity contribution in [1.82, 2.24) is 19.9 Å². The Balaban J connectivity index is 1.88. The molecular formula is C12H18N4O3. The highest BCUT2D eigenvalue weighted by Crippen LogP contribution is 2.19. The van der Waals surface area contributed by atoms with Crippen LogP contribution in [0, 0.1) is 5.92 Å². The molecule has 0 atom stereocenters. The number of piperidine rings is 1. The Kier molecular flexibility index (Phi) is 4.13. The Hall–Kier alpha value is -1.92. The quantitative estimate of drug-likeness (QED) is 0.863. The minimum Gasteiger partial charge on any atom is -0.476 e. The van der Waals surface area contributed by atoms with E-state index in [4.69, 9.17) is 5.11 Å². The molecule has 1 amide bonds. The zero-order valence-electron chi connectivity index (χ0n) is 10.9. The number of carbonyl (C=O) groups excluding carboxylic acids is 1. The molecule has 1 aromatic heterocycles. The van der Waals surface area contributed by atoms with Gasteiger partial charge in [0.15, 0.2) is 5.69 Å². The lowest BCUT2D eigenvalue weighted by Crippen LogP contribution is -2.40. The van der Waals surface area contributed by atoms with Crippen LogP contribution in [0.25, 0.3) is 0 Å². The van der Waals surface area contributed by atoms with Gasteiger partial charge in [-0.2, -0.15) is 0 Å². The summed E-state index contributed by atoms with van der Waals surface area (Å²) in [5, 5.41) is 15.8. The molecule has 0 unspecified atom stereocenters. The van der Waals surface area contributed by atoms with E-state index in [0.717, 1.165) is 32.4 Å². The summed E-state index contributed by atoms with van der Waals surface area (Å²) in [6.07, 6.45) is 4.52. The van der Waals surface area contributed by atoms with Gasteiger partial charge in [-0.1, -0.05) is 18.6 Å². The molecular weight excluding hydrogens is 248 g/mol. The number of carboxylic acid groups (broad SMARTS) is 1. The van der Waals surface area contributed by atoms with Crippen LogP contribution < -0.4 is 0 Å². The Morgan fingerprint density at radius 2 is 2.11 bits per heavy atom. The monoisotopic (exact) mass is 266 g/mol. The van der Waals surface area contributed by atoms with Crippen molar-refractivity contribution >= 4 is 11.9 Å². The Morgan fingerprint density at radius 1 is 1.42 bits per heavy atom. The highest BCUT2D eigenvalue weighted by molar-refractivity contribution is 5.84. The molecule has 2 heterocycles. The first-order valence-electron chi connectivity index (χ1n) is 6.51. The highest BCUT2D eigenvalue weighted by Gasteiger charge is 2.22. The third-order valence-corrected chi connectivity index (χ3v) is 3.60. The summed E-state index contributed by atoms with van der Waals surface area (Å²) in [5.74, 6) is -0.451. The van der Waals surface area contributed by atoms with Crippen LogP contribution in [-0.2, 0) is 11.3 Å². The van der Waals surface area contributed by atoms with E-state index >= 15 is 0 Å². The van der Waals surface area contributed by atoms with Gasteiger partial charge in [0.05, 0.1) is 6.20 Å². The number of hydrogen-bond acceptors (Lipinski definition) is 4. The average Bonchev–Trinajstić information content (AvgIpc) is 2.87. The number of nitrogens with zero attached hydrogens (tertiary/aromatic N) is 4. The minimum atomic E-state index is -1.14. The van der Waals surface area contributed by atoms with Crippen LogP contribution in [0.15, 0.2) is 6.20 Å². The lowest BCUT2D eigenvalue weighted by atomic mass is 9.94. The lowest BCUT2D eigenvalue weighted by Gasteiger charge is -2.31. The van der Waals surface area contributed by atoms with E-state index in [9.17, 15) is 9.59 Å². The van der Waals surface area contributed by atoms with Crippen molar-refractivity contribution in [2.45, 2.75) is 32.7 Å². The molecule has 0 bridgehead atoms. The van der Waals surface area contributed by atoms with Crippen LogP contribution in [0.2, 0.25) is 0 Å². The second kappa shape index (κ2) is 5.81. The molecule has 7 heteroatoms. The highest BCUT2D eigenvalue weighted by atomic mass is 16.4. The first kappa shape index (κ1) is 13.5. The van der Waals surface area contributed by atoms with E-state index in [-0.39, 0.29) is 18.1 Å². The minimum absolute atomic E-state index is 0.0311. The van der Waals surface area contributed by atoms with Gasteiger partial charge >= 0.3 is 5.97 Å². The standard InChI is InChI=1S/C12H18N4O3/c1-2-9-3-5-15(6-4-9)11(17)8-16-7-10(12(18)19)13-14-16/h7,9H,2-6,8H2,1H3,(H,18,19). The molecule has 0 radical (unpaired) electrons. The summed E-state index contributed by atoms with van der Waals surface area (Å²) in [6, 6.07) is 0. The van der Waals surface area contributed by atoms with Gasteiger partial charge in [-0.3, -0.25) is 4.79 Å². The van der Waals surface area contributed by atoms with Gasteiger partial charge < -0.3 is 10.0 Å². The lowest BCUT2D eigenvalue weighted by molar-refractivity contribution is -0.133. The van der Waals surface area contributed by atoms with Gasteiger partial charge in [-0.05, 0) is 18.8 Å². The van der Waals surface area contributed by atoms with Crippen LogP contribution >= 0.6 is 0 Å². The summed E-state index contributed by atoms with van der Waals surface area (Å²) in [7, 11) is 0. The number of rotatable bonds is 4. The second-order valence-corrected chi connectivity index (χ2v) is 4.84. The molecule has 0 saturated carbocycles. The number of aromatic nitrogens is 3. The number of amides is 1. The number of carboxylic acids is 1. The average molecular weight is 266 g/mol. The van der Waals surface area contributed by atoms with Gasteiger partial charge in [0.1, 0.15) is 6.54 Å². The third-order valence-electron chi connectivity index (χ3n) is 3.60. The van der Waals surface area contributed by atoms with Gasteiger partial charge in [0.25, 0.3) is 0 Å². The van der Waals surface area contributed by atoms with Crippen molar-refractivity contribution < 1.29 is 14.7 Å². The Morgan fingerprint density at radius 3 is 2.63 bits per heavy atom. The van der Waals surface area contributed by atoms with Crippen molar-refractivity contribution in [2.75, 3.05) is 13.1 Å². The summed E-state index contributed by atoms with van der Waals surface area (Å²) in [5.41, 5.74) is -0.141. The van der Waals surface area contributed by atoms with E-state index in [1.165, 1.54) is 10.9 Å². The van der Waals surface area contributed by atoms with Crippen LogP contribution in [0.1, 0.15) is 36.7 Å². The van der Waals surface area contributed by atoms with Crippen molar-refractivity contribution in [1.29, 1.82) is 0 Å². The van der Waals surface area contributed by atoms with Gasteiger partial charge in [0.2, 0.25) is 5.91 Å². The molecule has 0 aliphatic carbocycles. The molecule has 1 N–H and O–H groups in total. The number of hydrogen-bond donors (Lipinski definition) is 1. The maximum Gasteiger partial charge on any atom is 0.358 e. The molecule has 104 valence electrons. The SMILES string of the molecule is CCC1CCN(C(=O)Cn2cc(C(=O)O)nn2)CC1. The van der Waals surface area contributed by atoms with Gasteiger partial charge in [-0.25, -0.2) is 9.48 Å². The van der Waals surface area contributed by atoms with E-state index in [1.807, 2.05) is 4.90 Å². The molecule has 2 rings (SSSR count). The van der Waals surface area contributed by atoms with Crippen LogP contribution in [0.5, 0.6) is 0 Å². The zero-order valence-corrected chi connectivity index (χ0v) is 10.9. The molecule has 1 fully saturated rings. The summed E-state index contributed by atoms with van der Waals surface area (Å²) < 4.78 is 1.28. The molecule has 1 aromatic rings. The molecule has 19 heavy (non-hydrogen) atoms. The maximum absolute atomic E-state index is 12.0. The smallest absolute Gasteiger partial charge is 0.358 e. The topological polar surface area (TPSA) is 88.3 Å². The number of aromatic carboxylic acids is 1. The van der Waals surface area contributed by atoms with Crippen LogP contribution in [-0.4, -0.2) is 50.0 Å². The fourth-order valence-corrected chi connectivity index (χ4v) is 2.30. The van der Waals surface area contributed by atoms with E-state index in [2.05, 4.69) is 17.2 Å². The number of likely N-dealkylation sites (tertiary alicyclic amines) is 1. The van der Waals surface area contributed by atoms with Crippen molar-refractivity contribution in [2.24, 2.45) is 5.92 Å². The van der Waals surface area contributed by atoms with Crippen molar-refractivity contribution in [3.8, 4) is 0 Å². The fourth-order valence-electron chi connectivity index (χ4n) is 2.30. The Bertz CT molecular complexity index is 463. The van der Waals surface area contributed by atoms with Gasteiger partial charge in [-0.15, -0.1) is 5.10 Å². The fraction of sp³-hybridized carbons (Fsp3) is 0.667. The number of carbonyl (C=O) groups is 2. The predicted molar refractivity (Wildman–Crippen MR) is 66.6 cm³/mol. The van der Waals surface area contributed by atoms with Crippen molar-refractivity contribution in [3.63, 3.8) is 0 Å². The molecule has 1 aliphatic heterocycles. The van der Waals surface area contributed by atoms with Crippen LogP contribution in [0.3, 0.4) is 0 Å². The van der Waals surface area contributed by atoms with E-state index in [0.29, 0.717) is 5.92 Å². The largest absolute Gasteiger partial charge is 0.476 e. The maximum atomic E-state index is 12.0. The summed E-state index contributed by atoms with van der Waals surface area (Å²) in [6.45, 7) is 3.78. The van der Waals surface area contributed by atoms with E-state index in [1.54, 1.807) is 0 Å². The molecule has 0 spiro atoms. The molecule has 1 aliphatic rings. The molecule has 0 aromatic carbocycles. The normalized spacial score (nSPS) is 16.6. The van der Waals surface area contributed by atoms with Crippen LogP contribution in [0.4, 0.5) is 0 Å². The summed E-state index contributed by atoms with van der Waals surface area (Å²) in [4.78, 5) is 24.5.